The van der Waals surface area contributed by atoms with Crippen molar-refractivity contribution in [1.29, 1.82) is 0 Å². The fraction of sp³-hybridized carbons (Fsp3) is 0.400. The van der Waals surface area contributed by atoms with E-state index in [4.69, 9.17) is 9.69 Å². The van der Waals surface area contributed by atoms with Crippen LogP contribution in [0.1, 0.15) is 0 Å². The third-order valence-electron chi connectivity index (χ3n) is 1.12. The quantitative estimate of drug-likeness (QED) is 0.596. The van der Waals surface area contributed by atoms with Crippen molar-refractivity contribution < 1.29 is 15.7 Å². The summed E-state index contributed by atoms with van der Waals surface area (Å²) in [7, 11) is 9.71. The molecule has 1 aromatic rings. The fourth-order valence-electron chi connectivity index (χ4n) is 0.654. The van der Waals surface area contributed by atoms with Crippen LogP contribution >= 0.6 is 9.69 Å². The van der Waals surface area contributed by atoms with Crippen LogP contribution in [0.4, 0.5) is 0 Å². The molecule has 0 aliphatic heterocycles. The summed E-state index contributed by atoms with van der Waals surface area (Å²) in [6.07, 6.45) is 4.00. The van der Waals surface area contributed by atoms with Gasteiger partial charge in [0.1, 0.15) is 0 Å². The maximum absolute atomic E-state index is 5.71. The van der Waals surface area contributed by atoms with Crippen molar-refractivity contribution in [2.45, 2.75) is 0 Å². The van der Waals surface area contributed by atoms with E-state index in [0.29, 0.717) is 0 Å². The Kier molecular flexibility index (Phi) is 2.25. The number of imidazole rings is 1. The molecular weight excluding hydrogens is 226 g/mol. The summed E-state index contributed by atoms with van der Waals surface area (Å²) in [6.45, 7) is 0. The van der Waals surface area contributed by atoms with Crippen molar-refractivity contribution in [3.63, 3.8) is 0 Å². The Morgan fingerprint density at radius 1 is 1.33 bits per heavy atom. The fourth-order valence-corrected chi connectivity index (χ4v) is 2.39. The average molecular weight is 234 g/mol. The van der Waals surface area contributed by atoms with Crippen LogP contribution in [0.5, 0.6) is 0 Å². The molecule has 0 fully saturated rings. The number of hydrogen-bond donors (Lipinski definition) is 0. The standard InChI is InChI=1S/C5H8N2.ClH.Rh/c1-6-3-4-7(2)5-6;;/h3-4H,1-2H3;1H;/q;;+1/p-1. The zero-order chi connectivity index (χ0) is 6.85. The van der Waals surface area contributed by atoms with E-state index < -0.39 is 0 Å². The summed E-state index contributed by atoms with van der Waals surface area (Å²) in [5.41, 5.74) is 0. The van der Waals surface area contributed by atoms with Crippen LogP contribution in [0, 0.1) is 4.01 Å². The predicted octanol–water partition coefficient (Wildman–Crippen LogP) is 1.13. The molecule has 0 bridgehead atoms. The first-order chi connectivity index (χ1) is 4.25. The molecule has 0 saturated carbocycles. The van der Waals surface area contributed by atoms with Crippen LogP contribution in [-0.2, 0) is 29.8 Å². The van der Waals surface area contributed by atoms with Gasteiger partial charge in [0.15, 0.2) is 0 Å². The van der Waals surface area contributed by atoms with Gasteiger partial charge >= 0.3 is 65.0 Å². The SMILES string of the molecule is Cn1ccn(C)[c]1=[Rh][Cl]. The molecule has 2 nitrogen and oxygen atoms in total. The van der Waals surface area contributed by atoms with Crippen molar-refractivity contribution in [3.05, 3.63) is 16.4 Å². The first kappa shape index (κ1) is 7.23. The molecule has 0 radical (unpaired) electrons. The summed E-state index contributed by atoms with van der Waals surface area (Å²) in [5.74, 6) is 0. The van der Waals surface area contributed by atoms with Gasteiger partial charge in [-0.25, -0.2) is 0 Å². The zero-order valence-electron chi connectivity index (χ0n) is 5.26. The summed E-state index contributed by atoms with van der Waals surface area (Å²) in [5, 5.41) is 0. The summed E-state index contributed by atoms with van der Waals surface area (Å²) >= 11 is 0.0172. The van der Waals surface area contributed by atoms with Crippen LogP contribution in [0.25, 0.3) is 0 Å². The van der Waals surface area contributed by atoms with Crippen LogP contribution in [0.3, 0.4) is 0 Å². The second-order valence-electron chi connectivity index (χ2n) is 1.83. The van der Waals surface area contributed by atoms with Gasteiger partial charge in [-0.2, -0.15) is 0 Å². The predicted molar refractivity (Wildman–Crippen MR) is 33.5 cm³/mol. The number of rotatable bonds is 0. The Morgan fingerprint density at radius 2 is 1.78 bits per heavy atom. The van der Waals surface area contributed by atoms with E-state index in [1.807, 2.05) is 35.6 Å². The van der Waals surface area contributed by atoms with E-state index in [-0.39, 0.29) is 15.7 Å². The minimum absolute atomic E-state index is 0.0172. The van der Waals surface area contributed by atoms with Gasteiger partial charge in [-0.1, -0.05) is 0 Å². The van der Waals surface area contributed by atoms with Crippen molar-refractivity contribution in [1.82, 2.24) is 9.13 Å². The van der Waals surface area contributed by atoms with Crippen molar-refractivity contribution in [3.8, 4) is 0 Å². The van der Waals surface area contributed by atoms with Gasteiger partial charge in [0.05, 0.1) is 0 Å². The molecule has 0 amide bonds. The van der Waals surface area contributed by atoms with E-state index in [1.165, 1.54) is 4.01 Å². The van der Waals surface area contributed by atoms with Crippen LogP contribution in [0.15, 0.2) is 12.4 Å². The maximum atomic E-state index is 5.71. The molecule has 1 aromatic heterocycles. The van der Waals surface area contributed by atoms with Crippen molar-refractivity contribution >= 4 is 9.69 Å². The number of aryl methyl sites for hydroxylation is 2. The molecule has 0 N–H and O–H groups in total. The normalized spacial score (nSPS) is 10.6. The van der Waals surface area contributed by atoms with Gasteiger partial charge in [0.2, 0.25) is 0 Å². The Hall–Kier alpha value is 0.123. The molecule has 1 rings (SSSR count). The molecule has 0 aliphatic carbocycles. The minimum atomic E-state index is 0.0172. The first-order valence-electron chi connectivity index (χ1n) is 2.48. The van der Waals surface area contributed by atoms with Crippen molar-refractivity contribution in [2.24, 2.45) is 14.1 Å². The van der Waals surface area contributed by atoms with Crippen molar-refractivity contribution in [2.75, 3.05) is 0 Å². The molecule has 0 aromatic carbocycles. The van der Waals surface area contributed by atoms with Gasteiger partial charge < -0.3 is 0 Å². The Labute approximate surface area is 65.2 Å². The molecule has 9 heavy (non-hydrogen) atoms. The van der Waals surface area contributed by atoms with E-state index in [1.54, 1.807) is 0 Å². The van der Waals surface area contributed by atoms with Gasteiger partial charge in [0, 0.05) is 0 Å². The zero-order valence-corrected chi connectivity index (χ0v) is 7.66. The second kappa shape index (κ2) is 2.80. The van der Waals surface area contributed by atoms with E-state index in [9.17, 15) is 0 Å². The van der Waals surface area contributed by atoms with Crippen LogP contribution < -0.4 is 0 Å². The van der Waals surface area contributed by atoms with E-state index >= 15 is 0 Å². The average Bonchev–Trinajstić information content (AvgIpc) is 2.12. The Balaban J connectivity index is 3.42. The number of aromatic nitrogens is 2. The number of hydrogen-bond acceptors (Lipinski definition) is 0. The van der Waals surface area contributed by atoms with Gasteiger partial charge in [0.25, 0.3) is 0 Å². The monoisotopic (exact) mass is 234 g/mol. The number of nitrogens with zero attached hydrogens (tertiary/aromatic N) is 2. The number of halogens is 1. The topological polar surface area (TPSA) is 9.86 Å². The molecule has 0 atom stereocenters. The van der Waals surface area contributed by atoms with Gasteiger partial charge in [-0.05, 0) is 0 Å². The Bertz CT molecular complexity index is 238. The van der Waals surface area contributed by atoms with Crippen LogP contribution in [0.2, 0.25) is 0 Å². The molecular formula is C5H8ClN2Rh. The molecule has 4 heteroatoms. The molecule has 0 aliphatic rings. The summed E-state index contributed by atoms with van der Waals surface area (Å²) < 4.78 is 5.27. The molecule has 54 valence electrons. The third-order valence-corrected chi connectivity index (χ3v) is 3.22. The Morgan fingerprint density at radius 3 is 2.00 bits per heavy atom. The second-order valence-corrected chi connectivity index (χ2v) is 3.62. The first-order valence-corrected chi connectivity index (χ1v) is 5.41. The molecule has 0 spiro atoms. The third kappa shape index (κ3) is 1.33. The molecule has 1 heterocycles. The van der Waals surface area contributed by atoms with Crippen LogP contribution in [-0.4, -0.2) is 9.13 Å². The van der Waals surface area contributed by atoms with E-state index in [0.717, 1.165) is 0 Å². The van der Waals surface area contributed by atoms with E-state index in [2.05, 4.69) is 0 Å². The molecule has 0 unspecified atom stereocenters. The molecule has 0 saturated heterocycles. The summed E-state index contributed by atoms with van der Waals surface area (Å²) in [4.78, 5) is 0. The van der Waals surface area contributed by atoms with Gasteiger partial charge in [-0.3, -0.25) is 0 Å². The summed E-state index contributed by atoms with van der Waals surface area (Å²) in [6, 6.07) is 0. The van der Waals surface area contributed by atoms with Gasteiger partial charge in [-0.15, -0.1) is 0 Å².